The summed E-state index contributed by atoms with van der Waals surface area (Å²) in [7, 11) is 0. The number of carbonyl (C=O) groups is 1. The Labute approximate surface area is 78.9 Å². The molecule has 1 saturated heterocycles. The van der Waals surface area contributed by atoms with Crippen molar-refractivity contribution < 1.29 is 9.90 Å². The molecule has 0 radical (unpaired) electrons. The zero-order chi connectivity index (χ0) is 9.84. The van der Waals surface area contributed by atoms with Crippen LogP contribution in [0.5, 0.6) is 0 Å². The lowest BCUT2D eigenvalue weighted by Gasteiger charge is -2.39. The van der Waals surface area contributed by atoms with Crippen LogP contribution in [0, 0.1) is 0 Å². The van der Waals surface area contributed by atoms with Crippen molar-refractivity contribution in [1.29, 1.82) is 0 Å². The Morgan fingerprint density at radius 1 is 1.69 bits per heavy atom. The standard InChI is InChI=1S/C9H18N2O2/c1-3-11-7(2)6-10-9(13)8(11)4-5-12/h7-8,12H,3-6H2,1-2H3,(H,10,13). The molecule has 2 atom stereocenters. The van der Waals surface area contributed by atoms with E-state index >= 15 is 0 Å². The molecule has 0 aromatic heterocycles. The van der Waals surface area contributed by atoms with E-state index < -0.39 is 0 Å². The van der Waals surface area contributed by atoms with Crippen LogP contribution in [0.15, 0.2) is 0 Å². The van der Waals surface area contributed by atoms with Gasteiger partial charge in [-0.2, -0.15) is 0 Å². The predicted molar refractivity (Wildman–Crippen MR) is 50.3 cm³/mol. The second-order valence-corrected chi connectivity index (χ2v) is 3.45. The molecule has 4 nitrogen and oxygen atoms in total. The highest BCUT2D eigenvalue weighted by Crippen LogP contribution is 2.12. The number of nitrogens with one attached hydrogen (secondary N) is 1. The Hall–Kier alpha value is -0.610. The van der Waals surface area contributed by atoms with Crippen molar-refractivity contribution in [2.24, 2.45) is 0 Å². The molecular weight excluding hydrogens is 168 g/mol. The zero-order valence-electron chi connectivity index (χ0n) is 8.29. The van der Waals surface area contributed by atoms with E-state index in [0.717, 1.165) is 6.54 Å². The van der Waals surface area contributed by atoms with Crippen molar-refractivity contribution in [3.05, 3.63) is 0 Å². The van der Waals surface area contributed by atoms with Crippen molar-refractivity contribution in [3.63, 3.8) is 0 Å². The molecule has 76 valence electrons. The summed E-state index contributed by atoms with van der Waals surface area (Å²) in [6, 6.07) is 0.234. The normalized spacial score (nSPS) is 30.2. The van der Waals surface area contributed by atoms with Gasteiger partial charge in [0.05, 0.1) is 6.04 Å². The smallest absolute Gasteiger partial charge is 0.237 e. The highest BCUT2D eigenvalue weighted by Gasteiger charge is 2.32. The first kappa shape index (κ1) is 10.5. The second kappa shape index (κ2) is 4.58. The van der Waals surface area contributed by atoms with E-state index in [2.05, 4.69) is 17.1 Å². The average molecular weight is 186 g/mol. The molecule has 0 aromatic carbocycles. The first-order valence-electron chi connectivity index (χ1n) is 4.85. The van der Waals surface area contributed by atoms with Gasteiger partial charge in [-0.05, 0) is 19.9 Å². The largest absolute Gasteiger partial charge is 0.396 e. The fourth-order valence-corrected chi connectivity index (χ4v) is 1.89. The molecule has 0 bridgehead atoms. The van der Waals surface area contributed by atoms with E-state index in [-0.39, 0.29) is 18.6 Å². The lowest BCUT2D eigenvalue weighted by molar-refractivity contribution is -0.131. The van der Waals surface area contributed by atoms with Gasteiger partial charge in [-0.25, -0.2) is 0 Å². The number of aliphatic hydroxyl groups excluding tert-OH is 1. The monoisotopic (exact) mass is 186 g/mol. The van der Waals surface area contributed by atoms with Gasteiger partial charge in [-0.15, -0.1) is 0 Å². The highest BCUT2D eigenvalue weighted by atomic mass is 16.3. The summed E-state index contributed by atoms with van der Waals surface area (Å²) in [5.74, 6) is 0.0500. The van der Waals surface area contributed by atoms with Gasteiger partial charge in [0.15, 0.2) is 0 Å². The third-order valence-corrected chi connectivity index (χ3v) is 2.61. The molecule has 1 rings (SSSR count). The Morgan fingerprint density at radius 2 is 2.38 bits per heavy atom. The van der Waals surface area contributed by atoms with E-state index in [1.54, 1.807) is 0 Å². The summed E-state index contributed by atoms with van der Waals surface area (Å²) in [5, 5.41) is 11.7. The number of nitrogens with zero attached hydrogens (tertiary/aromatic N) is 1. The molecule has 0 aliphatic carbocycles. The topological polar surface area (TPSA) is 52.6 Å². The molecule has 1 aliphatic rings. The molecule has 1 amide bonds. The van der Waals surface area contributed by atoms with Crippen LogP contribution in [0.1, 0.15) is 20.3 Å². The number of hydrogen-bond acceptors (Lipinski definition) is 3. The first-order valence-corrected chi connectivity index (χ1v) is 4.85. The van der Waals surface area contributed by atoms with Gasteiger partial charge in [0.2, 0.25) is 5.91 Å². The van der Waals surface area contributed by atoms with Gasteiger partial charge in [0, 0.05) is 19.2 Å². The molecule has 0 spiro atoms. The third-order valence-electron chi connectivity index (χ3n) is 2.61. The maximum absolute atomic E-state index is 11.4. The third kappa shape index (κ3) is 2.19. The van der Waals surface area contributed by atoms with Crippen LogP contribution in [0.4, 0.5) is 0 Å². The van der Waals surface area contributed by atoms with Crippen molar-refractivity contribution >= 4 is 5.91 Å². The molecule has 1 aliphatic heterocycles. The molecule has 1 heterocycles. The van der Waals surface area contributed by atoms with Gasteiger partial charge >= 0.3 is 0 Å². The lowest BCUT2D eigenvalue weighted by Crippen LogP contribution is -2.59. The van der Waals surface area contributed by atoms with Crippen LogP contribution in [0.3, 0.4) is 0 Å². The van der Waals surface area contributed by atoms with E-state index in [4.69, 9.17) is 5.11 Å². The second-order valence-electron chi connectivity index (χ2n) is 3.45. The van der Waals surface area contributed by atoms with Gasteiger partial charge in [0.1, 0.15) is 0 Å². The van der Waals surface area contributed by atoms with Gasteiger partial charge in [-0.1, -0.05) is 6.92 Å². The fourth-order valence-electron chi connectivity index (χ4n) is 1.89. The van der Waals surface area contributed by atoms with E-state index in [1.807, 2.05) is 6.92 Å². The maximum Gasteiger partial charge on any atom is 0.237 e. The highest BCUT2D eigenvalue weighted by molar-refractivity contribution is 5.82. The van der Waals surface area contributed by atoms with Gasteiger partial charge < -0.3 is 10.4 Å². The van der Waals surface area contributed by atoms with Crippen molar-refractivity contribution in [2.45, 2.75) is 32.4 Å². The van der Waals surface area contributed by atoms with Crippen LogP contribution < -0.4 is 5.32 Å². The number of likely N-dealkylation sites (N-methyl/N-ethyl adjacent to an activating group) is 1. The van der Waals surface area contributed by atoms with Crippen LogP contribution in [-0.4, -0.2) is 47.7 Å². The van der Waals surface area contributed by atoms with E-state index in [1.165, 1.54) is 0 Å². The molecule has 4 heteroatoms. The van der Waals surface area contributed by atoms with Crippen molar-refractivity contribution in [3.8, 4) is 0 Å². The minimum atomic E-state index is -0.140. The van der Waals surface area contributed by atoms with Crippen molar-refractivity contribution in [2.75, 3.05) is 19.7 Å². The molecule has 2 N–H and O–H groups in total. The van der Waals surface area contributed by atoms with E-state index in [9.17, 15) is 4.79 Å². The lowest BCUT2D eigenvalue weighted by atomic mass is 10.1. The Kier molecular flexibility index (Phi) is 3.69. The molecule has 0 aromatic rings. The fraction of sp³-hybridized carbons (Fsp3) is 0.889. The number of carbonyl (C=O) groups excluding carboxylic acids is 1. The summed E-state index contributed by atoms with van der Waals surface area (Å²) in [6.07, 6.45) is 0.532. The predicted octanol–water partition coefficient (Wildman–Crippen LogP) is -0.422. The number of rotatable bonds is 3. The molecule has 0 saturated carbocycles. The Morgan fingerprint density at radius 3 is 2.92 bits per heavy atom. The van der Waals surface area contributed by atoms with Crippen LogP contribution in [0.25, 0.3) is 0 Å². The number of piperazine rings is 1. The molecule has 1 fully saturated rings. The molecule has 13 heavy (non-hydrogen) atoms. The summed E-state index contributed by atoms with van der Waals surface area (Å²) in [6.45, 7) is 5.78. The first-order chi connectivity index (χ1) is 6.20. The summed E-state index contributed by atoms with van der Waals surface area (Å²) < 4.78 is 0. The Balaban J connectivity index is 2.65. The van der Waals surface area contributed by atoms with Crippen LogP contribution >= 0.6 is 0 Å². The van der Waals surface area contributed by atoms with Crippen molar-refractivity contribution in [1.82, 2.24) is 10.2 Å². The van der Waals surface area contributed by atoms with Crippen LogP contribution in [-0.2, 0) is 4.79 Å². The number of hydrogen-bond donors (Lipinski definition) is 2. The SMILES string of the molecule is CCN1C(C)CNC(=O)C1CCO. The summed E-state index contributed by atoms with van der Waals surface area (Å²) in [5.41, 5.74) is 0. The quantitative estimate of drug-likeness (QED) is 0.629. The molecule has 2 unspecified atom stereocenters. The molecular formula is C9H18N2O2. The zero-order valence-corrected chi connectivity index (χ0v) is 8.29. The average Bonchev–Trinajstić information content (AvgIpc) is 2.12. The minimum Gasteiger partial charge on any atom is -0.396 e. The Bertz CT molecular complexity index is 184. The maximum atomic E-state index is 11.4. The minimum absolute atomic E-state index is 0.0500. The van der Waals surface area contributed by atoms with Gasteiger partial charge in [0.25, 0.3) is 0 Å². The summed E-state index contributed by atoms with van der Waals surface area (Å²) in [4.78, 5) is 13.6. The number of aliphatic hydroxyl groups is 1. The summed E-state index contributed by atoms with van der Waals surface area (Å²) >= 11 is 0. The van der Waals surface area contributed by atoms with Gasteiger partial charge in [-0.3, -0.25) is 9.69 Å². The van der Waals surface area contributed by atoms with E-state index in [0.29, 0.717) is 19.0 Å². The van der Waals surface area contributed by atoms with Crippen LogP contribution in [0.2, 0.25) is 0 Å². The number of amides is 1.